The van der Waals surface area contributed by atoms with Gasteiger partial charge in [0.2, 0.25) is 0 Å². The van der Waals surface area contributed by atoms with E-state index in [9.17, 15) is 8.78 Å². The van der Waals surface area contributed by atoms with Crippen molar-refractivity contribution in [2.24, 2.45) is 4.99 Å². The predicted molar refractivity (Wildman–Crippen MR) is 70.2 cm³/mol. The zero-order valence-electron chi connectivity index (χ0n) is 10.2. The van der Waals surface area contributed by atoms with E-state index >= 15 is 0 Å². The molecule has 0 aliphatic carbocycles. The van der Waals surface area contributed by atoms with Crippen molar-refractivity contribution >= 4 is 22.6 Å². The quantitative estimate of drug-likeness (QED) is 0.906. The summed E-state index contributed by atoms with van der Waals surface area (Å²) in [5, 5.41) is 3.90. The highest BCUT2D eigenvalue weighted by Crippen LogP contribution is 2.42. The Balaban J connectivity index is 1.74. The molecule has 2 aliphatic heterocycles. The topological polar surface area (TPSA) is 42.8 Å². The zero-order chi connectivity index (χ0) is 13.5. The molecule has 2 aliphatic rings. The maximum Gasteiger partial charge on any atom is 0.586 e. The molecule has 3 rings (SSSR count). The Morgan fingerprint density at radius 1 is 1.42 bits per heavy atom. The monoisotopic (exact) mass is 286 g/mol. The number of amidine groups is 1. The van der Waals surface area contributed by atoms with E-state index in [0.29, 0.717) is 11.7 Å². The van der Waals surface area contributed by atoms with E-state index < -0.39 is 6.29 Å². The summed E-state index contributed by atoms with van der Waals surface area (Å²) >= 11 is 1.62. The molecule has 4 nitrogen and oxygen atoms in total. The number of alkyl halides is 2. The number of hydrogen-bond acceptors (Lipinski definition) is 5. The first-order valence-corrected chi connectivity index (χ1v) is 6.92. The molecule has 0 aromatic heterocycles. The highest BCUT2D eigenvalue weighted by molar-refractivity contribution is 8.14. The number of halogens is 2. The highest BCUT2D eigenvalue weighted by Gasteiger charge is 2.43. The number of anilines is 1. The molecule has 7 heteroatoms. The molecular weight excluding hydrogens is 274 g/mol. The number of nitrogens with zero attached hydrogens (tertiary/aromatic N) is 1. The second-order valence-corrected chi connectivity index (χ2v) is 5.27. The molecule has 1 aromatic carbocycles. The molecule has 1 unspecified atom stereocenters. The van der Waals surface area contributed by atoms with Crippen LogP contribution < -0.4 is 14.8 Å². The first kappa shape index (κ1) is 12.5. The summed E-state index contributed by atoms with van der Waals surface area (Å²) in [7, 11) is 0. The Kier molecular flexibility index (Phi) is 3.00. The predicted octanol–water partition coefficient (Wildman–Crippen LogP) is 3.30. The molecule has 2 heterocycles. The van der Waals surface area contributed by atoms with Crippen LogP contribution in [0.5, 0.6) is 11.5 Å². The molecule has 1 atom stereocenters. The first-order chi connectivity index (χ1) is 9.05. The van der Waals surface area contributed by atoms with Gasteiger partial charge < -0.3 is 14.8 Å². The fourth-order valence-corrected chi connectivity index (χ4v) is 2.92. The summed E-state index contributed by atoms with van der Waals surface area (Å²) in [6.07, 6.45) is -2.58. The lowest BCUT2D eigenvalue weighted by Gasteiger charge is -2.05. The van der Waals surface area contributed by atoms with Crippen molar-refractivity contribution in [2.75, 3.05) is 11.1 Å². The van der Waals surface area contributed by atoms with Gasteiger partial charge in [-0.05, 0) is 18.6 Å². The lowest BCUT2D eigenvalue weighted by molar-refractivity contribution is -0.286. The van der Waals surface area contributed by atoms with Crippen LogP contribution in [-0.4, -0.2) is 23.3 Å². The molecule has 0 amide bonds. The van der Waals surface area contributed by atoms with Crippen LogP contribution in [0.3, 0.4) is 0 Å². The fraction of sp³-hybridized carbons (Fsp3) is 0.417. The number of rotatable bonds is 2. The van der Waals surface area contributed by atoms with Crippen molar-refractivity contribution in [1.82, 2.24) is 0 Å². The van der Waals surface area contributed by atoms with Gasteiger partial charge in [0.05, 0.1) is 6.04 Å². The normalized spacial score (nSPS) is 23.3. The van der Waals surface area contributed by atoms with E-state index in [4.69, 9.17) is 0 Å². The van der Waals surface area contributed by atoms with Gasteiger partial charge in [0.25, 0.3) is 0 Å². The Morgan fingerprint density at radius 3 is 2.95 bits per heavy atom. The maximum absolute atomic E-state index is 12.9. The van der Waals surface area contributed by atoms with Gasteiger partial charge in [-0.1, -0.05) is 18.7 Å². The van der Waals surface area contributed by atoms with Crippen molar-refractivity contribution in [3.63, 3.8) is 0 Å². The average molecular weight is 286 g/mol. The van der Waals surface area contributed by atoms with Crippen molar-refractivity contribution < 1.29 is 18.3 Å². The van der Waals surface area contributed by atoms with Crippen molar-refractivity contribution in [3.8, 4) is 11.5 Å². The standard InChI is InChI=1S/C12H12F2N2O2S/c1-2-7-6-19-11(15-7)16-8-3-4-9-10(5-8)18-12(13,14)17-9/h3-5,7H,2,6H2,1H3,(H,15,16). The van der Waals surface area contributed by atoms with E-state index in [0.717, 1.165) is 17.3 Å². The third kappa shape index (κ3) is 2.60. The summed E-state index contributed by atoms with van der Waals surface area (Å²) in [6.45, 7) is 2.08. The van der Waals surface area contributed by atoms with E-state index in [2.05, 4.69) is 26.7 Å². The molecule has 0 spiro atoms. The zero-order valence-corrected chi connectivity index (χ0v) is 11.0. The van der Waals surface area contributed by atoms with Gasteiger partial charge in [-0.2, -0.15) is 0 Å². The van der Waals surface area contributed by atoms with Gasteiger partial charge in [0, 0.05) is 17.5 Å². The third-order valence-electron chi connectivity index (χ3n) is 2.84. The van der Waals surface area contributed by atoms with Crippen LogP contribution in [0.1, 0.15) is 13.3 Å². The molecule has 1 N–H and O–H groups in total. The molecule has 0 saturated heterocycles. The molecule has 19 heavy (non-hydrogen) atoms. The summed E-state index contributed by atoms with van der Waals surface area (Å²) in [5.41, 5.74) is 0.656. The Morgan fingerprint density at radius 2 is 2.21 bits per heavy atom. The summed E-state index contributed by atoms with van der Waals surface area (Å²) in [6, 6.07) is 4.92. The van der Waals surface area contributed by atoms with Crippen molar-refractivity contribution in [1.29, 1.82) is 0 Å². The second kappa shape index (κ2) is 4.56. The summed E-state index contributed by atoms with van der Waals surface area (Å²) in [4.78, 5) is 4.47. The van der Waals surface area contributed by atoms with Crippen LogP contribution in [0.25, 0.3) is 0 Å². The lowest BCUT2D eigenvalue weighted by Crippen LogP contribution is -2.25. The number of hydrogen-bond donors (Lipinski definition) is 1. The number of fused-ring (bicyclic) bond motifs is 1. The lowest BCUT2D eigenvalue weighted by atomic mass is 10.3. The molecule has 0 saturated carbocycles. The van der Waals surface area contributed by atoms with Crippen LogP contribution >= 0.6 is 11.8 Å². The van der Waals surface area contributed by atoms with Gasteiger partial charge in [-0.15, -0.1) is 8.78 Å². The number of nitrogens with one attached hydrogen (secondary N) is 1. The van der Waals surface area contributed by atoms with E-state index in [1.807, 2.05) is 0 Å². The van der Waals surface area contributed by atoms with Gasteiger partial charge in [-0.25, -0.2) is 0 Å². The first-order valence-electron chi connectivity index (χ1n) is 5.93. The molecular formula is C12H12F2N2O2S. The number of thioether (sulfide) groups is 1. The SMILES string of the molecule is CCC1CSC(Nc2ccc3c(c2)OC(F)(F)O3)=N1. The third-order valence-corrected chi connectivity index (χ3v) is 3.87. The molecule has 1 aromatic rings. The van der Waals surface area contributed by atoms with Crippen LogP contribution in [0, 0.1) is 0 Å². The summed E-state index contributed by atoms with van der Waals surface area (Å²) in [5.74, 6) is 1.02. The largest absolute Gasteiger partial charge is 0.586 e. The Bertz CT molecular complexity index is 536. The van der Waals surface area contributed by atoms with E-state index in [1.165, 1.54) is 12.1 Å². The molecule has 0 radical (unpaired) electrons. The van der Waals surface area contributed by atoms with Crippen molar-refractivity contribution in [3.05, 3.63) is 18.2 Å². The van der Waals surface area contributed by atoms with E-state index in [-0.39, 0.29) is 11.5 Å². The molecule has 0 bridgehead atoms. The van der Waals surface area contributed by atoms with Gasteiger partial charge in [-0.3, -0.25) is 4.99 Å². The maximum atomic E-state index is 12.9. The smallest absolute Gasteiger partial charge is 0.395 e. The fourth-order valence-electron chi connectivity index (χ4n) is 1.84. The number of ether oxygens (including phenoxy) is 2. The van der Waals surface area contributed by atoms with E-state index in [1.54, 1.807) is 17.8 Å². The van der Waals surface area contributed by atoms with Crippen LogP contribution in [-0.2, 0) is 0 Å². The van der Waals surface area contributed by atoms with Crippen LogP contribution in [0.2, 0.25) is 0 Å². The van der Waals surface area contributed by atoms with Crippen LogP contribution in [0.15, 0.2) is 23.2 Å². The van der Waals surface area contributed by atoms with Gasteiger partial charge in [0.15, 0.2) is 16.7 Å². The number of benzene rings is 1. The average Bonchev–Trinajstić information content (AvgIpc) is 2.91. The van der Waals surface area contributed by atoms with Crippen molar-refractivity contribution in [2.45, 2.75) is 25.7 Å². The Labute approximate surface area is 113 Å². The highest BCUT2D eigenvalue weighted by atomic mass is 32.2. The minimum atomic E-state index is -3.58. The minimum Gasteiger partial charge on any atom is -0.395 e. The van der Waals surface area contributed by atoms with Crippen LogP contribution in [0.4, 0.5) is 14.5 Å². The van der Waals surface area contributed by atoms with Gasteiger partial charge >= 0.3 is 6.29 Å². The Hall–Kier alpha value is -1.50. The summed E-state index contributed by atoms with van der Waals surface area (Å²) < 4.78 is 34.5. The minimum absolute atomic E-state index is 0.0330. The molecule has 102 valence electrons. The molecule has 0 fully saturated rings. The van der Waals surface area contributed by atoms with Gasteiger partial charge in [0.1, 0.15) is 0 Å². The second-order valence-electron chi connectivity index (χ2n) is 4.26. The number of aliphatic imine (C=N–C) groups is 1.